The summed E-state index contributed by atoms with van der Waals surface area (Å²) in [6, 6.07) is 6.89. The van der Waals surface area contributed by atoms with Crippen LogP contribution in [0.15, 0.2) is 29.3 Å². The topological polar surface area (TPSA) is 75.4 Å². The van der Waals surface area contributed by atoms with Crippen LogP contribution in [0.1, 0.15) is 6.42 Å². The second-order valence-corrected chi connectivity index (χ2v) is 6.40. The molecule has 1 aromatic rings. The molecule has 0 bridgehead atoms. The number of aliphatic imine (C=N–C) groups is 1. The third-order valence-corrected chi connectivity index (χ3v) is 4.04. The van der Waals surface area contributed by atoms with Crippen LogP contribution in [0.25, 0.3) is 0 Å². The molecule has 0 radical (unpaired) electrons. The highest BCUT2D eigenvalue weighted by Crippen LogP contribution is 2.23. The lowest BCUT2D eigenvalue weighted by molar-refractivity contribution is -0.858. The molecule has 0 aromatic heterocycles. The fourth-order valence-electron chi connectivity index (χ4n) is 2.40. The van der Waals surface area contributed by atoms with E-state index in [0.717, 1.165) is 13.0 Å². The van der Waals surface area contributed by atoms with Crippen LogP contribution in [0.2, 0.25) is 0 Å². The molecule has 1 fully saturated rings. The number of thiocarbonyl (C=S) groups is 1. The minimum atomic E-state index is -0.972. The van der Waals surface area contributed by atoms with Crippen molar-refractivity contribution in [3.63, 3.8) is 0 Å². The number of hydrogen-bond acceptors (Lipinski definition) is 5. The number of methoxy groups -OCH3 is 1. The van der Waals surface area contributed by atoms with E-state index in [-0.39, 0.29) is 5.11 Å². The second kappa shape index (κ2) is 8.68. The van der Waals surface area contributed by atoms with Gasteiger partial charge >= 0.3 is 0 Å². The summed E-state index contributed by atoms with van der Waals surface area (Å²) in [6.07, 6.45) is 2.31. The predicted octanol–water partition coefficient (Wildman–Crippen LogP) is -0.335. The van der Waals surface area contributed by atoms with Gasteiger partial charge in [-0.2, -0.15) is 0 Å². The number of quaternary nitrogens is 1. The molecular formula is C17H23N4O3S+. The molecule has 0 saturated carbocycles. The van der Waals surface area contributed by atoms with Crippen molar-refractivity contribution in [3.8, 4) is 5.75 Å². The average Bonchev–Trinajstić information content (AvgIpc) is 2.57. The zero-order valence-corrected chi connectivity index (χ0v) is 15.4. The maximum absolute atomic E-state index is 12.7. The molecule has 134 valence electrons. The Bertz CT molecular complexity index is 673. The van der Waals surface area contributed by atoms with Crippen LogP contribution in [0.4, 0.5) is 5.69 Å². The van der Waals surface area contributed by atoms with E-state index in [1.165, 1.54) is 16.0 Å². The SMILES string of the molecule is COc1ccc(N2C(=O)C(C=NCCC[NH+](C)C)C(=O)NC2=S)cc1. The van der Waals surface area contributed by atoms with Crippen molar-refractivity contribution < 1.29 is 19.2 Å². The summed E-state index contributed by atoms with van der Waals surface area (Å²) in [5.41, 5.74) is 0.574. The van der Waals surface area contributed by atoms with Gasteiger partial charge in [0.2, 0.25) is 5.91 Å². The first-order valence-corrected chi connectivity index (χ1v) is 8.46. The van der Waals surface area contributed by atoms with Crippen molar-refractivity contribution in [2.45, 2.75) is 6.42 Å². The number of nitrogens with zero attached hydrogens (tertiary/aromatic N) is 2. The van der Waals surface area contributed by atoms with Gasteiger partial charge in [-0.3, -0.25) is 19.5 Å². The summed E-state index contributed by atoms with van der Waals surface area (Å²) in [6.45, 7) is 1.55. The largest absolute Gasteiger partial charge is 0.497 e. The molecular weight excluding hydrogens is 340 g/mol. The Morgan fingerprint density at radius 2 is 2.00 bits per heavy atom. The Labute approximate surface area is 152 Å². The number of carbonyl (C=O) groups is 2. The molecule has 1 heterocycles. The van der Waals surface area contributed by atoms with E-state index in [2.05, 4.69) is 24.4 Å². The molecule has 1 aromatic carbocycles. The normalized spacial score (nSPS) is 18.2. The van der Waals surface area contributed by atoms with E-state index in [0.29, 0.717) is 18.0 Å². The van der Waals surface area contributed by atoms with Crippen LogP contribution in [0, 0.1) is 5.92 Å². The molecule has 0 spiro atoms. The van der Waals surface area contributed by atoms with Gasteiger partial charge in [-0.1, -0.05) is 0 Å². The first-order chi connectivity index (χ1) is 11.9. The van der Waals surface area contributed by atoms with Crippen LogP contribution in [-0.2, 0) is 9.59 Å². The van der Waals surface area contributed by atoms with Crippen LogP contribution in [0.3, 0.4) is 0 Å². The van der Waals surface area contributed by atoms with Gasteiger partial charge in [-0.15, -0.1) is 0 Å². The molecule has 0 aliphatic carbocycles. The quantitative estimate of drug-likeness (QED) is 0.301. The summed E-state index contributed by atoms with van der Waals surface area (Å²) < 4.78 is 5.11. The van der Waals surface area contributed by atoms with E-state index >= 15 is 0 Å². The Hall–Kier alpha value is -2.32. The summed E-state index contributed by atoms with van der Waals surface area (Å²) >= 11 is 5.15. The van der Waals surface area contributed by atoms with Gasteiger partial charge in [0.05, 0.1) is 33.4 Å². The fourth-order valence-corrected chi connectivity index (χ4v) is 2.70. The summed E-state index contributed by atoms with van der Waals surface area (Å²) in [7, 11) is 5.70. The van der Waals surface area contributed by atoms with Crippen molar-refractivity contribution in [2.75, 3.05) is 39.2 Å². The molecule has 25 heavy (non-hydrogen) atoms. The first kappa shape index (κ1) is 19.0. The number of amides is 2. The molecule has 2 N–H and O–H groups in total. The lowest BCUT2D eigenvalue weighted by Gasteiger charge is -2.30. The first-order valence-electron chi connectivity index (χ1n) is 8.06. The Kier molecular flexibility index (Phi) is 6.60. The van der Waals surface area contributed by atoms with E-state index in [4.69, 9.17) is 17.0 Å². The van der Waals surface area contributed by atoms with E-state index < -0.39 is 17.7 Å². The maximum Gasteiger partial charge on any atom is 0.251 e. The molecule has 1 atom stereocenters. The van der Waals surface area contributed by atoms with Crippen molar-refractivity contribution in [1.82, 2.24) is 5.32 Å². The second-order valence-electron chi connectivity index (χ2n) is 6.01. The molecule has 1 unspecified atom stereocenters. The molecule has 2 amide bonds. The van der Waals surface area contributed by atoms with Crippen LogP contribution >= 0.6 is 12.2 Å². The number of rotatable bonds is 7. The number of nitrogens with one attached hydrogen (secondary N) is 2. The third-order valence-electron chi connectivity index (χ3n) is 3.75. The van der Waals surface area contributed by atoms with Gasteiger partial charge in [-0.25, -0.2) is 0 Å². The zero-order chi connectivity index (χ0) is 18.4. The molecule has 8 heteroatoms. The van der Waals surface area contributed by atoms with E-state index in [1.807, 2.05) is 0 Å². The number of ether oxygens (including phenoxy) is 1. The van der Waals surface area contributed by atoms with Gasteiger partial charge in [-0.05, 0) is 36.5 Å². The minimum Gasteiger partial charge on any atom is -0.497 e. The van der Waals surface area contributed by atoms with E-state index in [9.17, 15) is 9.59 Å². The van der Waals surface area contributed by atoms with Crippen molar-refractivity contribution >= 4 is 41.0 Å². The maximum atomic E-state index is 12.7. The van der Waals surface area contributed by atoms with Gasteiger partial charge < -0.3 is 15.0 Å². The highest BCUT2D eigenvalue weighted by atomic mass is 32.1. The number of anilines is 1. The highest BCUT2D eigenvalue weighted by molar-refractivity contribution is 7.80. The average molecular weight is 363 g/mol. The lowest BCUT2D eigenvalue weighted by Crippen LogP contribution is -3.05. The van der Waals surface area contributed by atoms with Crippen LogP contribution < -0.4 is 19.9 Å². The molecule has 1 aliphatic heterocycles. The van der Waals surface area contributed by atoms with Crippen molar-refractivity contribution in [1.29, 1.82) is 0 Å². The van der Waals surface area contributed by atoms with Gasteiger partial charge in [0, 0.05) is 19.2 Å². The van der Waals surface area contributed by atoms with Gasteiger partial charge in [0.1, 0.15) is 5.75 Å². The minimum absolute atomic E-state index is 0.0704. The molecule has 1 saturated heterocycles. The summed E-state index contributed by atoms with van der Waals surface area (Å²) in [5, 5.41) is 2.64. The third kappa shape index (κ3) is 4.83. The molecule has 2 rings (SSSR count). The Morgan fingerprint density at radius 3 is 2.60 bits per heavy atom. The summed E-state index contributed by atoms with van der Waals surface area (Å²) in [4.78, 5) is 31.7. The van der Waals surface area contributed by atoms with Crippen LogP contribution in [0.5, 0.6) is 5.75 Å². The summed E-state index contributed by atoms with van der Waals surface area (Å²) in [5.74, 6) is -1.15. The van der Waals surface area contributed by atoms with Gasteiger partial charge in [0.15, 0.2) is 11.0 Å². The van der Waals surface area contributed by atoms with Gasteiger partial charge in [0.25, 0.3) is 5.91 Å². The standard InChI is InChI=1S/C17H22N4O3S/c1-20(2)10-4-9-18-11-14-15(22)19-17(25)21(16(14)23)12-5-7-13(24-3)8-6-12/h5-8,11,14H,4,9-10H2,1-3H3,(H,19,22,25)/p+1. The smallest absolute Gasteiger partial charge is 0.251 e. The number of hydrogen-bond donors (Lipinski definition) is 2. The predicted molar refractivity (Wildman–Crippen MR) is 100 cm³/mol. The lowest BCUT2D eigenvalue weighted by atomic mass is 10.1. The highest BCUT2D eigenvalue weighted by Gasteiger charge is 2.38. The number of carbonyl (C=O) groups excluding carboxylic acids is 2. The number of benzene rings is 1. The molecule has 1 aliphatic rings. The monoisotopic (exact) mass is 363 g/mol. The Balaban J connectivity index is 2.10. The van der Waals surface area contributed by atoms with E-state index in [1.54, 1.807) is 31.4 Å². The fraction of sp³-hybridized carbons (Fsp3) is 0.412. The zero-order valence-electron chi connectivity index (χ0n) is 14.6. The van der Waals surface area contributed by atoms with Crippen molar-refractivity contribution in [3.05, 3.63) is 24.3 Å². The molecule has 7 nitrogen and oxygen atoms in total. The van der Waals surface area contributed by atoms with Crippen LogP contribution in [-0.4, -0.2) is 57.4 Å². The Morgan fingerprint density at radius 1 is 1.32 bits per heavy atom. The van der Waals surface area contributed by atoms with Crippen molar-refractivity contribution in [2.24, 2.45) is 10.9 Å².